The van der Waals surface area contributed by atoms with Crippen molar-refractivity contribution in [1.29, 1.82) is 0 Å². The molecule has 1 aliphatic carbocycles. The van der Waals surface area contributed by atoms with Crippen molar-refractivity contribution in [2.45, 2.75) is 50.4 Å². The van der Waals surface area contributed by atoms with Crippen molar-refractivity contribution in [3.8, 4) is 0 Å². The van der Waals surface area contributed by atoms with Gasteiger partial charge in [-0.2, -0.15) is 13.2 Å². The highest BCUT2D eigenvalue weighted by Gasteiger charge is 2.34. The molecule has 0 spiro atoms. The molecule has 19 heavy (non-hydrogen) atoms. The van der Waals surface area contributed by atoms with Gasteiger partial charge in [-0.3, -0.25) is 0 Å². The van der Waals surface area contributed by atoms with Gasteiger partial charge in [-0.05, 0) is 43.4 Å². The third-order valence-electron chi connectivity index (χ3n) is 3.54. The van der Waals surface area contributed by atoms with Crippen LogP contribution in [0, 0.1) is 0 Å². The van der Waals surface area contributed by atoms with Crippen LogP contribution in [0.25, 0.3) is 0 Å². The Balaban J connectivity index is 1.76. The van der Waals surface area contributed by atoms with Crippen molar-refractivity contribution in [2.24, 2.45) is 0 Å². The predicted molar refractivity (Wildman–Crippen MR) is 73.2 cm³/mol. The first kappa shape index (κ1) is 14.9. The van der Waals surface area contributed by atoms with Gasteiger partial charge in [0, 0.05) is 16.6 Å². The minimum atomic E-state index is -4.08. The highest BCUT2D eigenvalue weighted by atomic mass is 79.9. The van der Waals surface area contributed by atoms with Crippen molar-refractivity contribution in [3.05, 3.63) is 34.3 Å². The van der Waals surface area contributed by atoms with E-state index in [1.807, 2.05) is 12.1 Å². The molecule has 0 bridgehead atoms. The van der Waals surface area contributed by atoms with E-state index in [1.54, 1.807) is 6.92 Å². The summed E-state index contributed by atoms with van der Waals surface area (Å²) in [6.45, 7) is 1.60. The lowest BCUT2D eigenvalue weighted by molar-refractivity contribution is -0.139. The van der Waals surface area contributed by atoms with Gasteiger partial charge in [0.05, 0.1) is 6.42 Å². The van der Waals surface area contributed by atoms with Gasteiger partial charge in [-0.25, -0.2) is 0 Å². The maximum absolute atomic E-state index is 12.2. The van der Waals surface area contributed by atoms with Gasteiger partial charge in [-0.1, -0.05) is 28.1 Å². The first-order valence-corrected chi connectivity index (χ1v) is 7.21. The van der Waals surface area contributed by atoms with Crippen LogP contribution in [0.3, 0.4) is 0 Å². The second-order valence-corrected chi connectivity index (χ2v) is 6.22. The molecule has 106 valence electrons. The third kappa shape index (κ3) is 4.49. The molecule has 0 radical (unpaired) electrons. The number of nitrogens with one attached hydrogen (secondary N) is 1. The van der Waals surface area contributed by atoms with Crippen LogP contribution in [0.2, 0.25) is 0 Å². The molecule has 2 rings (SSSR count). The van der Waals surface area contributed by atoms with Crippen LogP contribution in [0.1, 0.15) is 37.7 Å². The maximum atomic E-state index is 12.2. The lowest BCUT2D eigenvalue weighted by Crippen LogP contribution is -2.45. The molecule has 1 saturated carbocycles. The predicted octanol–water partition coefficient (Wildman–Crippen LogP) is 4.63. The van der Waals surface area contributed by atoms with E-state index >= 15 is 0 Å². The minimum absolute atomic E-state index is 0.214. The van der Waals surface area contributed by atoms with Gasteiger partial charge in [0.1, 0.15) is 0 Å². The van der Waals surface area contributed by atoms with E-state index in [0.29, 0.717) is 5.92 Å². The Morgan fingerprint density at radius 3 is 2.37 bits per heavy atom. The molecule has 0 amide bonds. The zero-order valence-electron chi connectivity index (χ0n) is 10.7. The fourth-order valence-electron chi connectivity index (χ4n) is 2.57. The van der Waals surface area contributed by atoms with Gasteiger partial charge >= 0.3 is 6.18 Å². The summed E-state index contributed by atoms with van der Waals surface area (Å²) in [6.07, 6.45) is -3.00. The van der Waals surface area contributed by atoms with Crippen molar-refractivity contribution in [2.75, 3.05) is 0 Å². The third-order valence-corrected chi connectivity index (χ3v) is 4.07. The van der Waals surface area contributed by atoms with E-state index < -0.39 is 18.6 Å². The lowest BCUT2D eigenvalue weighted by atomic mass is 9.75. The number of benzene rings is 1. The van der Waals surface area contributed by atoms with Crippen LogP contribution < -0.4 is 5.32 Å². The quantitative estimate of drug-likeness (QED) is 0.846. The summed E-state index contributed by atoms with van der Waals surface area (Å²) in [5.41, 5.74) is 1.27. The normalized spacial score (nSPS) is 24.9. The Bertz CT molecular complexity index is 410. The maximum Gasteiger partial charge on any atom is 0.390 e. The molecule has 0 heterocycles. The van der Waals surface area contributed by atoms with Crippen LogP contribution >= 0.6 is 15.9 Å². The summed E-state index contributed by atoms with van der Waals surface area (Å²) in [7, 11) is 0. The summed E-state index contributed by atoms with van der Waals surface area (Å²) in [5, 5.41) is 3.05. The summed E-state index contributed by atoms with van der Waals surface area (Å²) in [4.78, 5) is 0. The Morgan fingerprint density at radius 2 is 1.84 bits per heavy atom. The van der Waals surface area contributed by atoms with E-state index in [9.17, 15) is 13.2 Å². The Morgan fingerprint density at radius 1 is 1.26 bits per heavy atom. The summed E-state index contributed by atoms with van der Waals surface area (Å²) >= 11 is 3.39. The Labute approximate surface area is 119 Å². The molecule has 1 aromatic rings. The molecule has 0 aromatic heterocycles. The number of hydrogen-bond donors (Lipinski definition) is 1. The molecule has 1 aliphatic rings. The SMILES string of the molecule is CC(CC(F)(F)F)NC1CC(c2ccc(Br)cc2)C1. The smallest absolute Gasteiger partial charge is 0.311 e. The highest BCUT2D eigenvalue weighted by Crippen LogP contribution is 2.37. The van der Waals surface area contributed by atoms with Gasteiger partial charge < -0.3 is 5.32 Å². The number of halogens is 4. The molecular weight excluding hydrogens is 319 g/mol. The molecule has 1 nitrogen and oxygen atoms in total. The van der Waals surface area contributed by atoms with Crippen LogP contribution in [-0.4, -0.2) is 18.3 Å². The molecule has 0 aliphatic heterocycles. The van der Waals surface area contributed by atoms with Gasteiger partial charge in [0.2, 0.25) is 0 Å². The fraction of sp³-hybridized carbons (Fsp3) is 0.571. The largest absolute Gasteiger partial charge is 0.390 e. The molecular formula is C14H17BrF3N. The Hall–Kier alpha value is -0.550. The minimum Gasteiger partial charge on any atom is -0.311 e. The topological polar surface area (TPSA) is 12.0 Å². The molecule has 0 saturated heterocycles. The molecule has 1 unspecified atom stereocenters. The zero-order chi connectivity index (χ0) is 14.0. The van der Waals surface area contributed by atoms with Crippen LogP contribution in [0.5, 0.6) is 0 Å². The van der Waals surface area contributed by atoms with E-state index in [4.69, 9.17) is 0 Å². The number of hydrogen-bond acceptors (Lipinski definition) is 1. The molecule has 1 aromatic carbocycles. The molecule has 5 heteroatoms. The van der Waals surface area contributed by atoms with E-state index in [1.165, 1.54) is 5.56 Å². The van der Waals surface area contributed by atoms with Crippen molar-refractivity contribution >= 4 is 15.9 Å². The molecule has 1 atom stereocenters. The van der Waals surface area contributed by atoms with E-state index in [0.717, 1.165) is 17.3 Å². The van der Waals surface area contributed by atoms with Crippen LogP contribution in [0.4, 0.5) is 13.2 Å². The average Bonchev–Trinajstić information content (AvgIpc) is 2.22. The zero-order valence-corrected chi connectivity index (χ0v) is 12.3. The standard InChI is InChI=1S/C14H17BrF3N/c1-9(8-14(16,17)18)19-13-6-11(7-13)10-2-4-12(15)5-3-10/h2-5,9,11,13,19H,6-8H2,1H3. The van der Waals surface area contributed by atoms with Gasteiger partial charge in [0.15, 0.2) is 0 Å². The molecule has 1 fully saturated rings. The second kappa shape index (κ2) is 5.83. The first-order valence-electron chi connectivity index (χ1n) is 6.42. The first-order chi connectivity index (χ1) is 8.83. The highest BCUT2D eigenvalue weighted by molar-refractivity contribution is 9.10. The van der Waals surface area contributed by atoms with Gasteiger partial charge in [-0.15, -0.1) is 0 Å². The average molecular weight is 336 g/mol. The molecule has 1 N–H and O–H groups in total. The second-order valence-electron chi connectivity index (χ2n) is 5.30. The fourth-order valence-corrected chi connectivity index (χ4v) is 2.83. The Kier molecular flexibility index (Phi) is 4.56. The summed E-state index contributed by atoms with van der Waals surface area (Å²) in [6, 6.07) is 7.86. The van der Waals surface area contributed by atoms with Crippen molar-refractivity contribution in [3.63, 3.8) is 0 Å². The van der Waals surface area contributed by atoms with E-state index in [2.05, 4.69) is 33.4 Å². The van der Waals surface area contributed by atoms with Crippen LogP contribution in [-0.2, 0) is 0 Å². The number of rotatable bonds is 4. The monoisotopic (exact) mass is 335 g/mol. The number of alkyl halides is 3. The van der Waals surface area contributed by atoms with E-state index in [-0.39, 0.29) is 6.04 Å². The van der Waals surface area contributed by atoms with Crippen LogP contribution in [0.15, 0.2) is 28.7 Å². The lowest BCUT2D eigenvalue weighted by Gasteiger charge is -2.38. The van der Waals surface area contributed by atoms with Gasteiger partial charge in [0.25, 0.3) is 0 Å². The summed E-state index contributed by atoms with van der Waals surface area (Å²) in [5.74, 6) is 0.476. The van der Waals surface area contributed by atoms with Crippen molar-refractivity contribution in [1.82, 2.24) is 5.32 Å². The van der Waals surface area contributed by atoms with Crippen molar-refractivity contribution < 1.29 is 13.2 Å². The summed E-state index contributed by atoms with van der Waals surface area (Å²) < 4.78 is 37.7.